The lowest BCUT2D eigenvalue weighted by Crippen LogP contribution is -2.48. The van der Waals surface area contributed by atoms with E-state index in [1.807, 2.05) is 18.5 Å². The molecule has 1 aromatic rings. The van der Waals surface area contributed by atoms with Gasteiger partial charge in [0.25, 0.3) is 5.91 Å². The van der Waals surface area contributed by atoms with E-state index in [0.29, 0.717) is 12.1 Å². The van der Waals surface area contributed by atoms with Gasteiger partial charge in [0.1, 0.15) is 0 Å². The van der Waals surface area contributed by atoms with E-state index in [-0.39, 0.29) is 5.91 Å². The Morgan fingerprint density at radius 3 is 2.43 bits per heavy atom. The molecule has 0 radical (unpaired) electrons. The summed E-state index contributed by atoms with van der Waals surface area (Å²) in [6.45, 7) is 12.3. The summed E-state index contributed by atoms with van der Waals surface area (Å²) < 4.78 is 1.95. The highest BCUT2D eigenvalue weighted by Gasteiger charge is 2.40. The van der Waals surface area contributed by atoms with Gasteiger partial charge in [0.2, 0.25) is 0 Å². The van der Waals surface area contributed by atoms with Crippen molar-refractivity contribution in [1.82, 2.24) is 19.6 Å². The van der Waals surface area contributed by atoms with E-state index in [1.165, 1.54) is 19.4 Å². The van der Waals surface area contributed by atoms with Crippen LogP contribution in [-0.2, 0) is 6.54 Å². The number of amides is 1. The van der Waals surface area contributed by atoms with Crippen LogP contribution in [0.4, 0.5) is 0 Å². The molecule has 2 atom stereocenters. The summed E-state index contributed by atoms with van der Waals surface area (Å²) in [5.41, 5.74) is 2.72. The zero-order chi connectivity index (χ0) is 16.6. The molecule has 3 rings (SSSR count). The lowest BCUT2D eigenvalue weighted by molar-refractivity contribution is 0.0648. The molecule has 0 saturated carbocycles. The molecule has 0 unspecified atom stereocenters. The molecular formula is C18H30N4O. The molecule has 0 spiro atoms. The molecule has 3 heterocycles. The SMILES string of the molecule is CCN1CCC[C@@H]1[C@@H]1CCCN1C(=O)c1c(C)nn(CC)c1C. The van der Waals surface area contributed by atoms with Crippen molar-refractivity contribution in [1.29, 1.82) is 0 Å². The standard InChI is InChI=1S/C18H30N4O/c1-5-20-11-7-9-15(20)16-10-8-12-21(16)18(23)17-13(3)19-22(6-2)14(17)4/h15-16H,5-12H2,1-4H3/t15-,16+/m1/s1. The third-order valence-corrected chi connectivity index (χ3v) is 5.72. The van der Waals surface area contributed by atoms with E-state index in [4.69, 9.17) is 0 Å². The fourth-order valence-corrected chi connectivity index (χ4v) is 4.58. The molecule has 128 valence electrons. The summed E-state index contributed by atoms with van der Waals surface area (Å²) in [5.74, 6) is 0.199. The Kier molecular flexibility index (Phi) is 4.76. The largest absolute Gasteiger partial charge is 0.334 e. The van der Waals surface area contributed by atoms with Crippen LogP contribution in [0.2, 0.25) is 0 Å². The van der Waals surface area contributed by atoms with Crippen LogP contribution in [0.25, 0.3) is 0 Å². The van der Waals surface area contributed by atoms with Crippen LogP contribution in [0.3, 0.4) is 0 Å². The molecule has 1 amide bonds. The van der Waals surface area contributed by atoms with Crippen molar-refractivity contribution in [3.05, 3.63) is 17.0 Å². The number of aromatic nitrogens is 2. The second-order valence-corrected chi connectivity index (χ2v) is 6.91. The summed E-state index contributed by atoms with van der Waals surface area (Å²) >= 11 is 0. The monoisotopic (exact) mass is 318 g/mol. The van der Waals surface area contributed by atoms with Crippen molar-refractivity contribution in [3.8, 4) is 0 Å². The van der Waals surface area contributed by atoms with Crippen LogP contribution in [-0.4, -0.2) is 57.2 Å². The smallest absolute Gasteiger partial charge is 0.257 e. The number of likely N-dealkylation sites (N-methyl/N-ethyl adjacent to an activating group) is 1. The fraction of sp³-hybridized carbons (Fsp3) is 0.778. The van der Waals surface area contributed by atoms with Gasteiger partial charge in [-0.2, -0.15) is 5.10 Å². The van der Waals surface area contributed by atoms with Gasteiger partial charge in [0.05, 0.1) is 11.3 Å². The zero-order valence-electron chi connectivity index (χ0n) is 15.0. The van der Waals surface area contributed by atoms with Crippen molar-refractivity contribution in [2.75, 3.05) is 19.6 Å². The van der Waals surface area contributed by atoms with Crippen LogP contribution in [0.1, 0.15) is 61.3 Å². The number of carbonyl (C=O) groups is 1. The normalized spacial score (nSPS) is 25.5. The zero-order valence-corrected chi connectivity index (χ0v) is 15.0. The summed E-state index contributed by atoms with van der Waals surface area (Å²) in [5, 5.41) is 4.53. The lowest BCUT2D eigenvalue weighted by Gasteiger charge is -2.34. The van der Waals surface area contributed by atoms with E-state index in [0.717, 1.165) is 49.4 Å². The van der Waals surface area contributed by atoms with E-state index in [2.05, 4.69) is 28.7 Å². The quantitative estimate of drug-likeness (QED) is 0.857. The Morgan fingerprint density at radius 1 is 1.09 bits per heavy atom. The third-order valence-electron chi connectivity index (χ3n) is 5.72. The van der Waals surface area contributed by atoms with Crippen LogP contribution < -0.4 is 0 Å². The first-order chi connectivity index (χ1) is 11.1. The first-order valence-electron chi connectivity index (χ1n) is 9.17. The topological polar surface area (TPSA) is 41.4 Å². The van der Waals surface area contributed by atoms with Crippen molar-refractivity contribution in [2.45, 2.75) is 72.0 Å². The van der Waals surface area contributed by atoms with Gasteiger partial charge in [-0.05, 0) is 59.5 Å². The third kappa shape index (κ3) is 2.80. The van der Waals surface area contributed by atoms with Gasteiger partial charge in [0, 0.05) is 30.9 Å². The van der Waals surface area contributed by atoms with Gasteiger partial charge in [-0.1, -0.05) is 6.92 Å². The Balaban J connectivity index is 1.85. The van der Waals surface area contributed by atoms with E-state index in [9.17, 15) is 4.79 Å². The molecule has 0 aliphatic carbocycles. The number of aryl methyl sites for hydroxylation is 2. The van der Waals surface area contributed by atoms with Gasteiger partial charge in [-0.25, -0.2) is 0 Å². The summed E-state index contributed by atoms with van der Waals surface area (Å²) in [7, 11) is 0. The Labute approximate surface area is 139 Å². The second kappa shape index (κ2) is 6.63. The van der Waals surface area contributed by atoms with Crippen LogP contribution >= 0.6 is 0 Å². The number of nitrogens with zero attached hydrogens (tertiary/aromatic N) is 4. The molecule has 23 heavy (non-hydrogen) atoms. The first kappa shape index (κ1) is 16.5. The maximum Gasteiger partial charge on any atom is 0.257 e. The van der Waals surface area contributed by atoms with Gasteiger partial charge in [-0.15, -0.1) is 0 Å². The van der Waals surface area contributed by atoms with E-state index >= 15 is 0 Å². The lowest BCUT2D eigenvalue weighted by atomic mass is 10.0. The number of hydrogen-bond donors (Lipinski definition) is 0. The van der Waals surface area contributed by atoms with Crippen molar-refractivity contribution in [3.63, 3.8) is 0 Å². The van der Waals surface area contributed by atoms with E-state index < -0.39 is 0 Å². The highest BCUT2D eigenvalue weighted by Crippen LogP contribution is 2.31. The molecule has 2 aliphatic rings. The fourth-order valence-electron chi connectivity index (χ4n) is 4.58. The van der Waals surface area contributed by atoms with Crippen molar-refractivity contribution < 1.29 is 4.79 Å². The maximum absolute atomic E-state index is 13.2. The minimum absolute atomic E-state index is 0.199. The van der Waals surface area contributed by atoms with Crippen LogP contribution in [0, 0.1) is 13.8 Å². The second-order valence-electron chi connectivity index (χ2n) is 6.91. The van der Waals surface area contributed by atoms with Crippen LogP contribution in [0.5, 0.6) is 0 Å². The van der Waals surface area contributed by atoms with Crippen molar-refractivity contribution in [2.24, 2.45) is 0 Å². The highest BCUT2D eigenvalue weighted by atomic mass is 16.2. The maximum atomic E-state index is 13.2. The summed E-state index contributed by atoms with van der Waals surface area (Å²) in [4.78, 5) is 17.9. The molecule has 5 nitrogen and oxygen atoms in total. The highest BCUT2D eigenvalue weighted by molar-refractivity contribution is 5.96. The Bertz CT molecular complexity index is 580. The predicted molar refractivity (Wildman–Crippen MR) is 91.7 cm³/mol. The summed E-state index contributed by atoms with van der Waals surface area (Å²) in [6, 6.07) is 0.932. The first-order valence-corrected chi connectivity index (χ1v) is 9.17. The molecule has 0 aromatic carbocycles. The Hall–Kier alpha value is -1.36. The average molecular weight is 318 g/mol. The molecular weight excluding hydrogens is 288 g/mol. The van der Waals surface area contributed by atoms with E-state index in [1.54, 1.807) is 0 Å². The average Bonchev–Trinajstić information content (AvgIpc) is 3.24. The number of hydrogen-bond acceptors (Lipinski definition) is 3. The number of rotatable bonds is 4. The molecule has 2 fully saturated rings. The minimum atomic E-state index is 0.199. The van der Waals surface area contributed by atoms with Crippen molar-refractivity contribution >= 4 is 5.91 Å². The van der Waals surface area contributed by atoms with Crippen LogP contribution in [0.15, 0.2) is 0 Å². The Morgan fingerprint density at radius 2 is 1.78 bits per heavy atom. The molecule has 5 heteroatoms. The summed E-state index contributed by atoms with van der Waals surface area (Å²) in [6.07, 6.45) is 4.77. The molecule has 2 saturated heterocycles. The van der Waals surface area contributed by atoms with Gasteiger partial charge in [0.15, 0.2) is 0 Å². The number of carbonyl (C=O) groups excluding carboxylic acids is 1. The number of likely N-dealkylation sites (tertiary alicyclic amines) is 2. The molecule has 0 N–H and O–H groups in total. The molecule has 1 aromatic heterocycles. The van der Waals surface area contributed by atoms with Gasteiger partial charge in [-0.3, -0.25) is 14.4 Å². The molecule has 2 aliphatic heterocycles. The molecule has 0 bridgehead atoms. The van der Waals surface area contributed by atoms with Gasteiger partial charge < -0.3 is 4.90 Å². The predicted octanol–water partition coefficient (Wildman–Crippen LogP) is 2.61. The minimum Gasteiger partial charge on any atom is -0.334 e. The van der Waals surface area contributed by atoms with Gasteiger partial charge >= 0.3 is 0 Å².